The van der Waals surface area contributed by atoms with Gasteiger partial charge in [0.25, 0.3) is 0 Å². The Labute approximate surface area is 133 Å². The highest BCUT2D eigenvalue weighted by Gasteiger charge is 2.45. The van der Waals surface area contributed by atoms with E-state index in [1.807, 2.05) is 0 Å². The van der Waals surface area contributed by atoms with Crippen molar-refractivity contribution in [1.82, 2.24) is 4.72 Å². The van der Waals surface area contributed by atoms with Crippen LogP contribution in [0.25, 0.3) is 0 Å². The molecule has 0 fully saturated rings. The SMILES string of the molecule is Cc1cc(C(=O)OCCNS(=O)(=O)C(F)(F)F)ccc1I. The van der Waals surface area contributed by atoms with Crippen LogP contribution in [0.4, 0.5) is 13.2 Å². The zero-order valence-corrected chi connectivity index (χ0v) is 13.7. The number of alkyl halides is 3. The lowest BCUT2D eigenvalue weighted by Crippen LogP contribution is -2.38. The van der Waals surface area contributed by atoms with Gasteiger partial charge < -0.3 is 4.74 Å². The first-order chi connectivity index (χ1) is 9.54. The third-order valence-corrected chi connectivity index (χ3v) is 4.73. The molecule has 0 aromatic heterocycles. The molecule has 0 saturated heterocycles. The molecule has 1 aromatic rings. The molecule has 1 rings (SSSR count). The van der Waals surface area contributed by atoms with E-state index in [2.05, 4.69) is 22.6 Å². The lowest BCUT2D eigenvalue weighted by Gasteiger charge is -2.10. The van der Waals surface area contributed by atoms with Crippen LogP contribution in [0.2, 0.25) is 0 Å². The highest BCUT2D eigenvalue weighted by molar-refractivity contribution is 14.1. The summed E-state index contributed by atoms with van der Waals surface area (Å²) in [7, 11) is -5.41. The van der Waals surface area contributed by atoms with Crippen LogP contribution in [0.5, 0.6) is 0 Å². The molecule has 0 amide bonds. The van der Waals surface area contributed by atoms with Gasteiger partial charge >= 0.3 is 21.5 Å². The zero-order chi connectivity index (χ0) is 16.3. The van der Waals surface area contributed by atoms with E-state index in [-0.39, 0.29) is 5.56 Å². The molecule has 0 saturated carbocycles. The fraction of sp³-hybridized carbons (Fsp3) is 0.364. The Morgan fingerprint density at radius 1 is 1.38 bits per heavy atom. The van der Waals surface area contributed by atoms with Crippen LogP contribution < -0.4 is 4.72 Å². The van der Waals surface area contributed by atoms with Gasteiger partial charge in [0.2, 0.25) is 0 Å². The van der Waals surface area contributed by atoms with E-state index >= 15 is 0 Å². The van der Waals surface area contributed by atoms with Crippen molar-refractivity contribution in [2.24, 2.45) is 0 Å². The van der Waals surface area contributed by atoms with Crippen molar-refractivity contribution >= 4 is 38.6 Å². The minimum Gasteiger partial charge on any atom is -0.461 e. The van der Waals surface area contributed by atoms with Crippen LogP contribution >= 0.6 is 22.6 Å². The summed E-state index contributed by atoms with van der Waals surface area (Å²) in [5.74, 6) is -0.735. The molecule has 0 aliphatic rings. The molecule has 0 radical (unpaired) electrons. The second-order valence-corrected chi connectivity index (χ2v) is 6.86. The van der Waals surface area contributed by atoms with Gasteiger partial charge in [-0.2, -0.15) is 13.2 Å². The largest absolute Gasteiger partial charge is 0.511 e. The molecule has 0 atom stereocenters. The first kappa shape index (κ1) is 18.2. The van der Waals surface area contributed by atoms with Crippen molar-refractivity contribution in [2.75, 3.05) is 13.2 Å². The molecule has 0 aliphatic carbocycles. The molecule has 118 valence electrons. The molecule has 21 heavy (non-hydrogen) atoms. The first-order valence-electron chi connectivity index (χ1n) is 5.54. The van der Waals surface area contributed by atoms with Gasteiger partial charge in [-0.15, -0.1) is 0 Å². The number of ether oxygens (including phenoxy) is 1. The maximum Gasteiger partial charge on any atom is 0.511 e. The molecule has 0 spiro atoms. The first-order valence-corrected chi connectivity index (χ1v) is 8.10. The van der Waals surface area contributed by atoms with Crippen molar-refractivity contribution in [2.45, 2.75) is 12.4 Å². The van der Waals surface area contributed by atoms with E-state index in [1.165, 1.54) is 10.8 Å². The Bertz CT molecular complexity index is 631. The summed E-state index contributed by atoms with van der Waals surface area (Å²) in [6.45, 7) is 0.631. The van der Waals surface area contributed by atoms with Crippen molar-refractivity contribution in [3.05, 3.63) is 32.9 Å². The molecular formula is C11H11F3INO4S. The summed E-state index contributed by atoms with van der Waals surface area (Å²) in [6.07, 6.45) is 0. The van der Waals surface area contributed by atoms with Crippen molar-refractivity contribution in [3.63, 3.8) is 0 Å². The maximum absolute atomic E-state index is 12.0. The lowest BCUT2D eigenvalue weighted by molar-refractivity contribution is -0.0448. The Balaban J connectivity index is 2.50. The van der Waals surface area contributed by atoms with Gasteiger partial charge in [-0.05, 0) is 53.3 Å². The van der Waals surface area contributed by atoms with Crippen molar-refractivity contribution < 1.29 is 31.1 Å². The number of carbonyl (C=O) groups excluding carboxylic acids is 1. The van der Waals surface area contributed by atoms with Gasteiger partial charge in [-0.3, -0.25) is 0 Å². The van der Waals surface area contributed by atoms with Crippen LogP contribution in [0, 0.1) is 10.5 Å². The summed E-state index contributed by atoms with van der Waals surface area (Å²) in [6, 6.07) is 4.78. The molecule has 0 heterocycles. The maximum atomic E-state index is 12.0. The smallest absolute Gasteiger partial charge is 0.461 e. The van der Waals surface area contributed by atoms with Gasteiger partial charge in [-0.1, -0.05) is 0 Å². The number of benzene rings is 1. The number of esters is 1. The van der Waals surface area contributed by atoms with Gasteiger partial charge in [0.05, 0.1) is 5.56 Å². The second kappa shape index (κ2) is 6.92. The van der Waals surface area contributed by atoms with E-state index in [0.29, 0.717) is 0 Å². The number of halogens is 4. The average molecular weight is 437 g/mol. The molecule has 1 N–H and O–H groups in total. The predicted octanol–water partition coefficient (Wildman–Crippen LogP) is 2.20. The van der Waals surface area contributed by atoms with Crippen molar-refractivity contribution in [1.29, 1.82) is 0 Å². The number of hydrogen-bond donors (Lipinski definition) is 1. The van der Waals surface area contributed by atoms with Crippen LogP contribution in [0.15, 0.2) is 18.2 Å². The zero-order valence-electron chi connectivity index (χ0n) is 10.7. The molecule has 0 unspecified atom stereocenters. The highest BCUT2D eigenvalue weighted by atomic mass is 127. The number of rotatable bonds is 5. The number of sulfonamides is 1. The Kier molecular flexibility index (Phi) is 5.99. The Morgan fingerprint density at radius 3 is 2.52 bits per heavy atom. The number of aryl methyl sites for hydroxylation is 1. The molecule has 0 bridgehead atoms. The standard InChI is InChI=1S/C11H11F3INO4S/c1-7-6-8(2-3-9(7)15)10(17)20-5-4-16-21(18,19)11(12,13)14/h2-3,6,16H,4-5H2,1H3. The molecule has 10 heteroatoms. The third kappa shape index (κ3) is 5.11. The summed E-state index contributed by atoms with van der Waals surface area (Å²) in [4.78, 5) is 11.6. The number of carbonyl (C=O) groups is 1. The highest BCUT2D eigenvalue weighted by Crippen LogP contribution is 2.21. The molecule has 5 nitrogen and oxygen atoms in total. The molecule has 0 aliphatic heterocycles. The van der Waals surface area contributed by atoms with E-state index in [1.54, 1.807) is 19.1 Å². The van der Waals surface area contributed by atoms with E-state index in [0.717, 1.165) is 9.13 Å². The number of nitrogens with one attached hydrogen (secondary N) is 1. The number of hydrogen-bond acceptors (Lipinski definition) is 4. The monoisotopic (exact) mass is 437 g/mol. The normalized spacial score (nSPS) is 12.2. The fourth-order valence-electron chi connectivity index (χ4n) is 1.26. The van der Waals surface area contributed by atoms with Gasteiger partial charge in [0.1, 0.15) is 6.61 Å². The van der Waals surface area contributed by atoms with Gasteiger partial charge in [0.15, 0.2) is 0 Å². The quantitative estimate of drug-likeness (QED) is 0.436. The average Bonchev–Trinajstić information content (AvgIpc) is 2.36. The van der Waals surface area contributed by atoms with Crippen LogP contribution in [-0.4, -0.2) is 33.0 Å². The molecule has 1 aromatic carbocycles. The van der Waals surface area contributed by atoms with Crippen molar-refractivity contribution in [3.8, 4) is 0 Å². The Morgan fingerprint density at radius 2 is 2.00 bits per heavy atom. The summed E-state index contributed by atoms with van der Waals surface area (Å²) in [5, 5.41) is 0. The molecular weight excluding hydrogens is 426 g/mol. The third-order valence-electron chi connectivity index (χ3n) is 2.33. The van der Waals surface area contributed by atoms with Crippen LogP contribution in [0.1, 0.15) is 15.9 Å². The fourth-order valence-corrected chi connectivity index (χ4v) is 2.11. The van der Waals surface area contributed by atoms with E-state index in [9.17, 15) is 26.4 Å². The Hall–Kier alpha value is -0.880. The summed E-state index contributed by atoms with van der Waals surface area (Å²) < 4.78 is 64.3. The van der Waals surface area contributed by atoms with Crippen LogP contribution in [0.3, 0.4) is 0 Å². The lowest BCUT2D eigenvalue weighted by atomic mass is 10.1. The summed E-state index contributed by atoms with van der Waals surface area (Å²) >= 11 is 2.08. The van der Waals surface area contributed by atoms with Crippen LogP contribution in [-0.2, 0) is 14.8 Å². The predicted molar refractivity (Wildman–Crippen MR) is 77.2 cm³/mol. The van der Waals surface area contributed by atoms with Gasteiger partial charge in [-0.25, -0.2) is 17.9 Å². The topological polar surface area (TPSA) is 72.5 Å². The second-order valence-electron chi connectivity index (χ2n) is 3.94. The summed E-state index contributed by atoms with van der Waals surface area (Å²) in [5.41, 5.74) is -4.29. The van der Waals surface area contributed by atoms with Gasteiger partial charge in [0, 0.05) is 10.1 Å². The van der Waals surface area contributed by atoms with E-state index < -0.39 is 34.7 Å². The minimum absolute atomic E-state index is 0.242. The van der Waals surface area contributed by atoms with E-state index in [4.69, 9.17) is 4.74 Å². The minimum atomic E-state index is -5.41.